The zero-order valence-electron chi connectivity index (χ0n) is 21.0. The van der Waals surface area contributed by atoms with Gasteiger partial charge in [0.2, 0.25) is 5.91 Å². The van der Waals surface area contributed by atoms with Crippen LogP contribution in [0.1, 0.15) is 46.3 Å². The molecule has 38 heavy (non-hydrogen) atoms. The molecule has 3 atom stereocenters. The minimum absolute atomic E-state index is 0.0517. The van der Waals surface area contributed by atoms with Crippen molar-refractivity contribution in [3.63, 3.8) is 0 Å². The Balaban J connectivity index is 1.25. The summed E-state index contributed by atoms with van der Waals surface area (Å²) in [5, 5.41) is 2.57. The van der Waals surface area contributed by atoms with Gasteiger partial charge in [-0.2, -0.15) is 0 Å². The first-order chi connectivity index (χ1) is 18.3. The van der Waals surface area contributed by atoms with Gasteiger partial charge in [-0.1, -0.05) is 67.6 Å². The molecule has 196 valence electrons. The van der Waals surface area contributed by atoms with Gasteiger partial charge in [0.25, 0.3) is 5.91 Å². The Morgan fingerprint density at radius 3 is 2.47 bits per heavy atom. The molecule has 0 spiro atoms. The summed E-state index contributed by atoms with van der Waals surface area (Å²) in [5.41, 5.74) is 3.12. The maximum Gasteiger partial charge on any atom is 0.329 e. The maximum atomic E-state index is 14.9. The van der Waals surface area contributed by atoms with Crippen molar-refractivity contribution in [1.29, 1.82) is 0 Å². The second kappa shape index (κ2) is 10.4. The molecule has 1 saturated heterocycles. The number of amides is 2. The van der Waals surface area contributed by atoms with Crippen LogP contribution in [0.4, 0.5) is 8.78 Å². The van der Waals surface area contributed by atoms with Crippen LogP contribution in [0.3, 0.4) is 0 Å². The van der Waals surface area contributed by atoms with Crippen LogP contribution < -0.4 is 5.32 Å². The van der Waals surface area contributed by atoms with Crippen molar-refractivity contribution in [3.8, 4) is 11.1 Å². The molecular weight excluding hydrogens is 490 g/mol. The molecule has 2 amide bonds. The van der Waals surface area contributed by atoms with Crippen LogP contribution in [0.15, 0.2) is 72.8 Å². The Morgan fingerprint density at radius 1 is 1.00 bits per heavy atom. The van der Waals surface area contributed by atoms with Crippen molar-refractivity contribution in [2.75, 3.05) is 19.8 Å². The Morgan fingerprint density at radius 2 is 1.71 bits per heavy atom. The van der Waals surface area contributed by atoms with Crippen LogP contribution in [0.2, 0.25) is 0 Å². The largest absolute Gasteiger partial charge is 0.459 e. The highest BCUT2D eigenvalue weighted by Crippen LogP contribution is 2.44. The van der Waals surface area contributed by atoms with E-state index in [4.69, 9.17) is 4.74 Å². The number of halogens is 2. The zero-order chi connectivity index (χ0) is 26.9. The van der Waals surface area contributed by atoms with Crippen molar-refractivity contribution in [3.05, 3.63) is 95.1 Å². The first kappa shape index (κ1) is 25.6. The molecule has 0 aromatic heterocycles. The van der Waals surface area contributed by atoms with E-state index >= 15 is 0 Å². The Bertz CT molecular complexity index is 1380. The molecule has 8 heteroatoms. The van der Waals surface area contributed by atoms with Crippen molar-refractivity contribution >= 4 is 17.8 Å². The van der Waals surface area contributed by atoms with Crippen LogP contribution in [-0.2, 0) is 20.9 Å². The van der Waals surface area contributed by atoms with Gasteiger partial charge in [0.15, 0.2) is 5.67 Å². The first-order valence-electron chi connectivity index (χ1n) is 12.6. The number of carbonyl (C=O) groups excluding carboxylic acids is 3. The van der Waals surface area contributed by atoms with E-state index in [0.29, 0.717) is 5.56 Å². The molecule has 1 unspecified atom stereocenters. The molecule has 5 rings (SSSR count). The van der Waals surface area contributed by atoms with E-state index in [1.54, 1.807) is 36.4 Å². The molecule has 1 aliphatic heterocycles. The number of esters is 1. The molecule has 1 N–H and O–H groups in total. The molecule has 3 aromatic carbocycles. The summed E-state index contributed by atoms with van der Waals surface area (Å²) >= 11 is 0. The van der Waals surface area contributed by atoms with E-state index in [1.807, 2.05) is 30.3 Å². The summed E-state index contributed by atoms with van der Waals surface area (Å²) in [7, 11) is 0. The number of carbonyl (C=O) groups is 3. The van der Waals surface area contributed by atoms with Gasteiger partial charge in [-0.3, -0.25) is 9.59 Å². The van der Waals surface area contributed by atoms with Gasteiger partial charge in [-0.25, -0.2) is 13.6 Å². The third kappa shape index (κ3) is 4.90. The Kier molecular flexibility index (Phi) is 6.97. The molecular formula is C30H28F2N2O4. The van der Waals surface area contributed by atoms with Crippen LogP contribution in [0.25, 0.3) is 11.1 Å². The Hall–Kier alpha value is -4.07. The van der Waals surface area contributed by atoms with Gasteiger partial charge >= 0.3 is 5.97 Å². The molecule has 1 heterocycles. The van der Waals surface area contributed by atoms with E-state index in [-0.39, 0.29) is 12.5 Å². The number of nitrogens with one attached hydrogen (secondary N) is 1. The molecule has 6 nitrogen and oxygen atoms in total. The number of likely N-dealkylation sites (tertiary alicyclic amines) is 1. The van der Waals surface area contributed by atoms with Gasteiger partial charge in [-0.05, 0) is 39.9 Å². The average Bonchev–Trinajstić information content (AvgIpc) is 3.46. The van der Waals surface area contributed by atoms with Crippen molar-refractivity contribution in [1.82, 2.24) is 10.2 Å². The van der Waals surface area contributed by atoms with E-state index in [2.05, 4.69) is 18.3 Å². The third-order valence-corrected chi connectivity index (χ3v) is 7.34. The second-order valence-electron chi connectivity index (χ2n) is 9.91. The van der Waals surface area contributed by atoms with E-state index in [1.165, 1.54) is 5.56 Å². The number of nitrogens with zero attached hydrogens (tertiary/aromatic N) is 1. The number of benzene rings is 3. The highest BCUT2D eigenvalue weighted by Gasteiger charge is 2.50. The lowest BCUT2D eigenvalue weighted by molar-refractivity contribution is -0.154. The predicted molar refractivity (Wildman–Crippen MR) is 138 cm³/mol. The fraction of sp³-hybridized carbons (Fsp3) is 0.300. The molecule has 0 radical (unpaired) electrons. The number of ether oxygens (including phenoxy) is 1. The molecule has 0 bridgehead atoms. The number of rotatable bonds is 7. The monoisotopic (exact) mass is 518 g/mol. The summed E-state index contributed by atoms with van der Waals surface area (Å²) in [6.07, 6.45) is -0.501. The lowest BCUT2D eigenvalue weighted by Crippen LogP contribution is -2.46. The highest BCUT2D eigenvalue weighted by atomic mass is 19.2. The molecule has 0 saturated carbocycles. The summed E-state index contributed by atoms with van der Waals surface area (Å²) in [6.45, 7) is -0.322. The smallest absolute Gasteiger partial charge is 0.329 e. The van der Waals surface area contributed by atoms with Crippen LogP contribution >= 0.6 is 0 Å². The first-order valence-corrected chi connectivity index (χ1v) is 12.6. The number of fused-ring (bicyclic) bond motifs is 3. The quantitative estimate of drug-likeness (QED) is 0.465. The van der Waals surface area contributed by atoms with E-state index in [9.17, 15) is 23.2 Å². The van der Waals surface area contributed by atoms with Gasteiger partial charge in [0, 0.05) is 17.9 Å². The maximum absolute atomic E-state index is 14.9. The standard InChI is InChI=1S/C30H28F2N2O4/c1-19-22-9-5-6-10-24(22)25-13-21(11-12-23(19)25)28(36)33-15-27(35)34-18-30(32,17-31)14-26(34)29(37)38-16-20-7-3-2-4-8-20/h2-13,19,26H,14-18H2,1H3,(H,33,36)/t19?,26-,30-/m0/s1. The van der Waals surface area contributed by atoms with Crippen LogP contribution in [-0.4, -0.2) is 54.2 Å². The molecule has 1 fully saturated rings. The van der Waals surface area contributed by atoms with E-state index < -0.39 is 55.7 Å². The summed E-state index contributed by atoms with van der Waals surface area (Å²) < 4.78 is 33.7. The fourth-order valence-electron chi connectivity index (χ4n) is 5.29. The van der Waals surface area contributed by atoms with Crippen molar-refractivity contribution in [2.24, 2.45) is 0 Å². The Labute approximate surface area is 219 Å². The summed E-state index contributed by atoms with van der Waals surface area (Å²) in [6, 6.07) is 21.1. The lowest BCUT2D eigenvalue weighted by Gasteiger charge is -2.23. The van der Waals surface area contributed by atoms with Gasteiger partial charge < -0.3 is 15.0 Å². The van der Waals surface area contributed by atoms with Crippen LogP contribution in [0.5, 0.6) is 0 Å². The number of alkyl halides is 2. The molecule has 2 aliphatic rings. The topological polar surface area (TPSA) is 75.7 Å². The van der Waals surface area contributed by atoms with E-state index in [0.717, 1.165) is 27.2 Å². The summed E-state index contributed by atoms with van der Waals surface area (Å²) in [4.78, 5) is 39.6. The fourth-order valence-corrected chi connectivity index (χ4v) is 5.29. The SMILES string of the molecule is CC1c2ccccc2-c2cc(C(=O)NCC(=O)N3C[C@@](F)(CF)C[C@H]3C(=O)OCc3ccccc3)ccc21. The lowest BCUT2D eigenvalue weighted by atomic mass is 9.98. The van der Waals surface area contributed by atoms with Crippen molar-refractivity contribution in [2.45, 2.75) is 37.6 Å². The van der Waals surface area contributed by atoms with Gasteiger partial charge in [0.1, 0.15) is 19.3 Å². The molecule has 1 aliphatic carbocycles. The zero-order valence-corrected chi connectivity index (χ0v) is 21.0. The third-order valence-electron chi connectivity index (χ3n) is 7.34. The predicted octanol–water partition coefficient (Wildman–Crippen LogP) is 4.57. The summed E-state index contributed by atoms with van der Waals surface area (Å²) in [5.74, 6) is -1.76. The van der Waals surface area contributed by atoms with Gasteiger partial charge in [0.05, 0.1) is 13.1 Å². The normalized spacial score (nSPS) is 21.5. The number of hydrogen-bond acceptors (Lipinski definition) is 4. The van der Waals surface area contributed by atoms with Crippen LogP contribution in [0, 0.1) is 0 Å². The minimum atomic E-state index is -2.35. The number of hydrogen-bond donors (Lipinski definition) is 1. The average molecular weight is 519 g/mol. The van der Waals surface area contributed by atoms with Crippen molar-refractivity contribution < 1.29 is 27.9 Å². The minimum Gasteiger partial charge on any atom is -0.459 e. The second-order valence-corrected chi connectivity index (χ2v) is 9.91. The highest BCUT2D eigenvalue weighted by molar-refractivity contribution is 5.99. The van der Waals surface area contributed by atoms with Gasteiger partial charge in [-0.15, -0.1) is 0 Å². The molecule has 3 aromatic rings.